The molecule has 0 aromatic rings. The number of nitrogens with one attached hydrogen (secondary N) is 9. The number of carboxylic acids is 2. The van der Waals surface area contributed by atoms with E-state index in [0.29, 0.717) is 70.9 Å². The number of hydrogen-bond donors (Lipinski definition) is 17. The summed E-state index contributed by atoms with van der Waals surface area (Å²) in [6.07, 6.45) is 3.54. The molecule has 3 fully saturated rings. The number of likely N-dealkylation sites (tertiary alicyclic amines) is 3. The molecule has 11 amide bonds. The molecule has 3 heterocycles. The first kappa shape index (κ1) is 76.5. The lowest BCUT2D eigenvalue weighted by Crippen LogP contribution is -2.60. The maximum absolute atomic E-state index is 14.5. The topological polar surface area (TPSA) is 548 Å². The van der Waals surface area contributed by atoms with Crippen LogP contribution in [-0.2, 0) is 62.3 Å². The van der Waals surface area contributed by atoms with Crippen LogP contribution in [0.4, 0.5) is 0 Å². The summed E-state index contributed by atoms with van der Waals surface area (Å²) in [6.45, 7) is 5.98. The summed E-state index contributed by atoms with van der Waals surface area (Å²) in [4.78, 5) is 180. The maximum atomic E-state index is 14.5. The third-order valence-electron chi connectivity index (χ3n) is 16.1. The van der Waals surface area contributed by atoms with Gasteiger partial charge in [-0.05, 0) is 148 Å². The van der Waals surface area contributed by atoms with Gasteiger partial charge in [0.25, 0.3) is 0 Å². The minimum absolute atomic E-state index is 0.00470. The van der Waals surface area contributed by atoms with Crippen LogP contribution < -0.4 is 76.9 Å². The van der Waals surface area contributed by atoms with E-state index in [9.17, 15) is 72.5 Å². The second-order valence-electron chi connectivity index (χ2n) is 23.6. The molecule has 33 heteroatoms. The number of guanidine groups is 1. The van der Waals surface area contributed by atoms with Crippen LogP contribution in [0.15, 0.2) is 0 Å². The summed E-state index contributed by atoms with van der Waals surface area (Å²) < 4.78 is 0. The third kappa shape index (κ3) is 24.9. The largest absolute Gasteiger partial charge is 0.481 e. The Bertz CT molecular complexity index is 2490. The standard InChI is InChI=1S/C57H100N18O15/c1-32(2)45(72-52(85)42-20-12-30-74(42)54(87)38(22-24-44(77)78)70-47(80)34(61)14-4-7-25-58)55(88)75-31-13-19-41(75)51(84)68-36(21-23-43(62)76)48(81)66-33(3)46(79)69-37(15-5-8-26-59)53(86)73-29-11-18-40(73)50(83)67-35(17-10-28-65-57(63)64)49(82)71-39(56(89)90)16-6-9-27-60/h32-42,45H,4-31,58-61H2,1-3H3,(H2,62,76)(H,66,81)(H,67,83)(H,68,84)(H,69,79)(H,70,80)(H,71,82)(H,72,85)(H,77,78)(H,89,90)(H4,63,64,65)/t33-,34-,35-,36-,37-,38-,39-,40-,41-,42-,45-/m0/s1. The number of carbonyl (C=O) groups is 13. The van der Waals surface area contributed by atoms with Gasteiger partial charge in [-0.15, -0.1) is 0 Å². The number of nitrogens with two attached hydrogens (primary N) is 6. The second-order valence-corrected chi connectivity index (χ2v) is 23.6. The minimum atomic E-state index is -1.49. The van der Waals surface area contributed by atoms with E-state index in [0.717, 1.165) is 0 Å². The van der Waals surface area contributed by atoms with Crippen molar-refractivity contribution in [2.24, 2.45) is 40.3 Å². The molecule has 0 unspecified atom stereocenters. The van der Waals surface area contributed by atoms with E-state index in [1.807, 2.05) is 0 Å². The van der Waals surface area contributed by atoms with Crippen molar-refractivity contribution in [3.05, 3.63) is 0 Å². The van der Waals surface area contributed by atoms with Gasteiger partial charge in [0.15, 0.2) is 5.96 Å². The number of hydrogen-bond acceptors (Lipinski definition) is 18. The molecule has 0 aliphatic carbocycles. The number of rotatable bonds is 41. The zero-order valence-corrected chi connectivity index (χ0v) is 52.2. The van der Waals surface area contributed by atoms with Crippen LogP contribution in [0.3, 0.4) is 0 Å². The van der Waals surface area contributed by atoms with Gasteiger partial charge in [-0.2, -0.15) is 0 Å². The Hall–Kier alpha value is -7.78. The monoisotopic (exact) mass is 1280 g/mol. The Morgan fingerprint density at radius 2 is 0.889 bits per heavy atom. The van der Waals surface area contributed by atoms with Gasteiger partial charge in [0.05, 0.1) is 6.04 Å². The molecule has 11 atom stereocenters. The van der Waals surface area contributed by atoms with Gasteiger partial charge >= 0.3 is 11.9 Å². The quantitative estimate of drug-likeness (QED) is 0.0155. The van der Waals surface area contributed by atoms with Crippen molar-refractivity contribution in [3.8, 4) is 0 Å². The SMILES string of the molecule is CC(C)[C@H](NC(=O)[C@@H]1CCCN1C(=O)[C@H](CCC(=O)O)NC(=O)[C@@H](N)CCCCN)C(=O)N1CCC[C@H]1C(=O)N[C@@H](CCC(N)=O)C(=O)N[C@@H](C)C(=O)N[C@@H](CCCCN)C(=O)N1CCC[C@H]1C(=O)N[C@@H](CCCNC(=N)N)C(=O)N[C@@H](CCCCN)C(=O)O. The molecule has 3 saturated heterocycles. The molecule has 3 aliphatic heterocycles. The Balaban J connectivity index is 1.77. The van der Waals surface area contributed by atoms with Crippen LogP contribution in [0, 0.1) is 11.3 Å². The third-order valence-corrected chi connectivity index (χ3v) is 16.1. The molecule has 3 rings (SSSR count). The van der Waals surface area contributed by atoms with Gasteiger partial charge in [-0.25, -0.2) is 4.79 Å². The van der Waals surface area contributed by atoms with Gasteiger partial charge < -0.3 is 102 Å². The first-order chi connectivity index (χ1) is 42.7. The van der Waals surface area contributed by atoms with Crippen molar-refractivity contribution in [1.82, 2.24) is 57.2 Å². The zero-order valence-electron chi connectivity index (χ0n) is 52.2. The van der Waals surface area contributed by atoms with Gasteiger partial charge in [0.2, 0.25) is 65.0 Å². The van der Waals surface area contributed by atoms with Crippen LogP contribution in [0.1, 0.15) is 156 Å². The van der Waals surface area contributed by atoms with E-state index in [-0.39, 0.29) is 103 Å². The van der Waals surface area contributed by atoms with Crippen LogP contribution in [-0.4, -0.2) is 220 Å². The van der Waals surface area contributed by atoms with Crippen molar-refractivity contribution in [2.45, 2.75) is 222 Å². The normalized spacial score (nSPS) is 19.0. The molecule has 508 valence electrons. The Labute approximate surface area is 524 Å². The summed E-state index contributed by atoms with van der Waals surface area (Å²) >= 11 is 0. The molecule has 3 aliphatic rings. The van der Waals surface area contributed by atoms with Crippen LogP contribution in [0.5, 0.6) is 0 Å². The average molecular weight is 1280 g/mol. The van der Waals surface area contributed by atoms with E-state index in [1.165, 1.54) is 21.6 Å². The molecular weight excluding hydrogens is 1180 g/mol. The van der Waals surface area contributed by atoms with Crippen molar-refractivity contribution in [3.63, 3.8) is 0 Å². The molecule has 0 radical (unpaired) electrons. The fourth-order valence-electron chi connectivity index (χ4n) is 11.0. The lowest BCUT2D eigenvalue weighted by atomic mass is 10.0. The Kier molecular flexibility index (Phi) is 33.5. The second kappa shape index (κ2) is 39.4. The van der Waals surface area contributed by atoms with Gasteiger partial charge in [0.1, 0.15) is 60.4 Å². The first-order valence-corrected chi connectivity index (χ1v) is 31.4. The predicted molar refractivity (Wildman–Crippen MR) is 327 cm³/mol. The maximum Gasteiger partial charge on any atom is 0.326 e. The molecule has 0 bridgehead atoms. The van der Waals surface area contributed by atoms with Crippen LogP contribution in [0.2, 0.25) is 0 Å². The molecule has 90 heavy (non-hydrogen) atoms. The number of amides is 11. The number of carbonyl (C=O) groups excluding carboxylic acids is 11. The van der Waals surface area contributed by atoms with Gasteiger partial charge in [-0.1, -0.05) is 20.3 Å². The summed E-state index contributed by atoms with van der Waals surface area (Å²) in [5, 5.41) is 47.7. The molecule has 0 spiro atoms. The number of aliphatic carboxylic acids is 2. The highest BCUT2D eigenvalue weighted by Gasteiger charge is 2.44. The smallest absolute Gasteiger partial charge is 0.326 e. The first-order valence-electron chi connectivity index (χ1n) is 31.4. The Morgan fingerprint density at radius 3 is 1.36 bits per heavy atom. The highest BCUT2D eigenvalue weighted by Crippen LogP contribution is 2.25. The van der Waals surface area contributed by atoms with E-state index >= 15 is 0 Å². The fourth-order valence-corrected chi connectivity index (χ4v) is 11.0. The van der Waals surface area contributed by atoms with Gasteiger partial charge in [-0.3, -0.25) is 62.9 Å². The number of carboxylic acid groups (broad SMARTS) is 2. The average Bonchev–Trinajstić information content (AvgIpc) is 1.72. The highest BCUT2D eigenvalue weighted by molar-refractivity contribution is 5.99. The number of nitrogens with zero attached hydrogens (tertiary/aromatic N) is 3. The highest BCUT2D eigenvalue weighted by atomic mass is 16.4. The summed E-state index contributed by atoms with van der Waals surface area (Å²) in [5.41, 5.74) is 33.8. The van der Waals surface area contributed by atoms with Crippen molar-refractivity contribution in [2.75, 3.05) is 45.8 Å². The summed E-state index contributed by atoms with van der Waals surface area (Å²) in [7, 11) is 0. The van der Waals surface area contributed by atoms with Crippen molar-refractivity contribution in [1.29, 1.82) is 5.41 Å². The van der Waals surface area contributed by atoms with Gasteiger partial charge in [0, 0.05) is 39.0 Å². The van der Waals surface area contributed by atoms with Crippen LogP contribution >= 0.6 is 0 Å². The minimum Gasteiger partial charge on any atom is -0.481 e. The molecule has 23 N–H and O–H groups in total. The predicted octanol–water partition coefficient (Wildman–Crippen LogP) is -4.78. The lowest BCUT2D eigenvalue weighted by Gasteiger charge is -2.33. The summed E-state index contributed by atoms with van der Waals surface area (Å²) in [6, 6.07) is -13.6. The van der Waals surface area contributed by atoms with E-state index in [2.05, 4.69) is 42.5 Å². The van der Waals surface area contributed by atoms with E-state index < -0.39 is 162 Å². The fraction of sp³-hybridized carbons (Fsp3) is 0.754. The van der Waals surface area contributed by atoms with Crippen molar-refractivity contribution < 1.29 is 72.5 Å². The number of primary amides is 1. The Morgan fingerprint density at radius 1 is 0.478 bits per heavy atom. The van der Waals surface area contributed by atoms with Crippen LogP contribution in [0.25, 0.3) is 0 Å². The lowest BCUT2D eigenvalue weighted by molar-refractivity contribution is -0.145. The molecular formula is C57H100N18O15. The summed E-state index contributed by atoms with van der Waals surface area (Å²) in [5.74, 6) is -11.7. The molecule has 0 aromatic heterocycles. The zero-order chi connectivity index (χ0) is 67.2. The molecule has 0 saturated carbocycles. The molecule has 33 nitrogen and oxygen atoms in total. The van der Waals surface area contributed by atoms with Crippen molar-refractivity contribution >= 4 is 82.9 Å². The molecule has 0 aromatic carbocycles. The number of unbranched alkanes of at least 4 members (excludes halogenated alkanes) is 3. The van der Waals surface area contributed by atoms with E-state index in [4.69, 9.17) is 39.8 Å². The van der Waals surface area contributed by atoms with E-state index in [1.54, 1.807) is 13.8 Å².